The van der Waals surface area contributed by atoms with Crippen LogP contribution in [0, 0.1) is 5.92 Å². The molecule has 0 radical (unpaired) electrons. The molecular weight excluding hydrogens is 490 g/mol. The predicted octanol–water partition coefficient (Wildman–Crippen LogP) is 4.02. The molecule has 8 heteroatoms. The van der Waals surface area contributed by atoms with Crippen molar-refractivity contribution in [2.75, 3.05) is 6.61 Å². The van der Waals surface area contributed by atoms with E-state index in [2.05, 4.69) is 45.2 Å². The maximum atomic E-state index is 13.4. The van der Waals surface area contributed by atoms with E-state index in [9.17, 15) is 14.7 Å². The highest BCUT2D eigenvalue weighted by Gasteiger charge is 2.34. The van der Waals surface area contributed by atoms with Gasteiger partial charge in [-0.2, -0.15) is 0 Å². The van der Waals surface area contributed by atoms with Crippen LogP contribution in [0.5, 0.6) is 0 Å². The van der Waals surface area contributed by atoms with Gasteiger partial charge in [-0.1, -0.05) is 55.3 Å². The van der Waals surface area contributed by atoms with Crippen LogP contribution in [0.1, 0.15) is 66.6 Å². The van der Waals surface area contributed by atoms with Gasteiger partial charge in [0.1, 0.15) is 11.9 Å². The molecular formula is C31H35N5O3. The molecule has 0 aliphatic heterocycles. The first-order valence-electron chi connectivity index (χ1n) is 13.7. The molecule has 0 unspecified atom stereocenters. The van der Waals surface area contributed by atoms with Gasteiger partial charge >= 0.3 is 0 Å². The van der Waals surface area contributed by atoms with E-state index in [1.807, 2.05) is 18.2 Å². The summed E-state index contributed by atoms with van der Waals surface area (Å²) in [6.07, 6.45) is 8.30. The van der Waals surface area contributed by atoms with Gasteiger partial charge in [0, 0.05) is 43.4 Å². The van der Waals surface area contributed by atoms with Gasteiger partial charge < -0.3 is 20.7 Å². The van der Waals surface area contributed by atoms with Crippen LogP contribution in [0.15, 0.2) is 73.1 Å². The number of primary amides is 1. The molecule has 1 fully saturated rings. The van der Waals surface area contributed by atoms with E-state index in [0.717, 1.165) is 53.7 Å². The Labute approximate surface area is 228 Å². The number of amides is 2. The van der Waals surface area contributed by atoms with Crippen LogP contribution >= 0.6 is 0 Å². The molecule has 0 spiro atoms. The van der Waals surface area contributed by atoms with Crippen molar-refractivity contribution in [2.45, 2.75) is 57.0 Å². The normalized spacial score (nSPS) is 18.1. The zero-order valence-corrected chi connectivity index (χ0v) is 22.0. The minimum absolute atomic E-state index is 0.0735. The molecule has 39 heavy (non-hydrogen) atoms. The number of carbonyl (C=O) groups is 2. The van der Waals surface area contributed by atoms with Gasteiger partial charge in [0.05, 0.1) is 11.0 Å². The molecule has 8 nitrogen and oxygen atoms in total. The topological polar surface area (TPSA) is 123 Å². The third kappa shape index (κ3) is 6.01. The minimum Gasteiger partial charge on any atom is -0.396 e. The number of fused-ring (bicyclic) bond motifs is 1. The van der Waals surface area contributed by atoms with Crippen molar-refractivity contribution in [1.29, 1.82) is 0 Å². The average Bonchev–Trinajstić information content (AvgIpc) is 3.32. The fraction of sp³-hybridized carbons (Fsp3) is 0.355. The van der Waals surface area contributed by atoms with E-state index >= 15 is 0 Å². The monoisotopic (exact) mass is 525 g/mol. The van der Waals surface area contributed by atoms with Crippen LogP contribution in [0.2, 0.25) is 0 Å². The molecule has 0 bridgehead atoms. The number of rotatable bonds is 10. The SMILES string of the molecule is NC(=O)[C@@H](NC(=O)[C@@H]1CCCC[C@H]1c1ccc(Cn2c(CCCO)nc3ccccc32)cc1)c1cccnc1. The molecule has 5 rings (SSSR count). The number of nitrogens with zero attached hydrogens (tertiary/aromatic N) is 3. The third-order valence-corrected chi connectivity index (χ3v) is 7.73. The molecule has 1 saturated carbocycles. The Morgan fingerprint density at radius 1 is 1.05 bits per heavy atom. The maximum Gasteiger partial charge on any atom is 0.244 e. The van der Waals surface area contributed by atoms with Gasteiger partial charge in [-0.3, -0.25) is 14.6 Å². The van der Waals surface area contributed by atoms with E-state index < -0.39 is 11.9 Å². The van der Waals surface area contributed by atoms with Crippen LogP contribution in [-0.2, 0) is 22.6 Å². The zero-order valence-electron chi connectivity index (χ0n) is 22.0. The number of aromatic nitrogens is 3. The summed E-state index contributed by atoms with van der Waals surface area (Å²) in [5.41, 5.74) is 10.5. The summed E-state index contributed by atoms with van der Waals surface area (Å²) >= 11 is 0. The second kappa shape index (κ2) is 12.2. The number of benzene rings is 2. The standard InChI is InChI=1S/C31H35N5O3/c32-30(38)29(23-7-5-17-33-19-23)35-31(39)25-9-2-1-8-24(25)22-15-13-21(14-16-22)20-36-27-11-4-3-10-26(27)34-28(36)12-6-18-37/h3-5,7,10-11,13-17,19,24-25,29,37H,1-2,6,8-9,12,18,20H2,(H2,32,38)(H,35,39)/t24-,25+,29-/m0/s1. The Balaban J connectivity index is 1.33. The predicted molar refractivity (Wildman–Crippen MR) is 150 cm³/mol. The number of hydrogen-bond donors (Lipinski definition) is 3. The molecule has 4 N–H and O–H groups in total. The summed E-state index contributed by atoms with van der Waals surface area (Å²) in [5.74, 6) is 0.0689. The van der Waals surface area contributed by atoms with Gasteiger partial charge in [0.15, 0.2) is 0 Å². The van der Waals surface area contributed by atoms with Crippen LogP contribution in [0.4, 0.5) is 0 Å². The number of nitrogens with one attached hydrogen (secondary N) is 1. The average molecular weight is 526 g/mol. The van der Waals surface area contributed by atoms with Crippen molar-refractivity contribution in [1.82, 2.24) is 19.9 Å². The Kier molecular flexibility index (Phi) is 8.32. The Morgan fingerprint density at radius 2 is 1.85 bits per heavy atom. The first-order chi connectivity index (χ1) is 19.0. The Bertz CT molecular complexity index is 1420. The van der Waals surface area contributed by atoms with Crippen molar-refractivity contribution in [3.8, 4) is 0 Å². The van der Waals surface area contributed by atoms with Crippen LogP contribution in [0.25, 0.3) is 11.0 Å². The Morgan fingerprint density at radius 3 is 2.59 bits per heavy atom. The van der Waals surface area contributed by atoms with Crippen molar-refractivity contribution < 1.29 is 14.7 Å². The summed E-state index contributed by atoms with van der Waals surface area (Å²) in [6.45, 7) is 0.817. The molecule has 0 saturated heterocycles. The summed E-state index contributed by atoms with van der Waals surface area (Å²) in [4.78, 5) is 34.5. The van der Waals surface area contributed by atoms with Gasteiger partial charge in [0.2, 0.25) is 11.8 Å². The third-order valence-electron chi connectivity index (χ3n) is 7.73. The van der Waals surface area contributed by atoms with Crippen LogP contribution in [-0.4, -0.2) is 38.1 Å². The van der Waals surface area contributed by atoms with Crippen LogP contribution in [0.3, 0.4) is 0 Å². The molecule has 2 aromatic carbocycles. The number of aliphatic hydroxyl groups excluding tert-OH is 1. The molecule has 3 atom stereocenters. The highest BCUT2D eigenvalue weighted by Crippen LogP contribution is 2.38. The molecule has 2 amide bonds. The van der Waals surface area contributed by atoms with Crippen molar-refractivity contribution in [3.63, 3.8) is 0 Å². The minimum atomic E-state index is -0.902. The molecule has 2 aromatic heterocycles. The number of nitrogens with two attached hydrogens (primary N) is 1. The smallest absolute Gasteiger partial charge is 0.244 e. The molecule has 1 aliphatic carbocycles. The fourth-order valence-corrected chi connectivity index (χ4v) is 5.74. The number of pyridine rings is 1. The lowest BCUT2D eigenvalue weighted by Gasteiger charge is -2.32. The van der Waals surface area contributed by atoms with Gasteiger partial charge in [-0.25, -0.2) is 4.98 Å². The quantitative estimate of drug-likeness (QED) is 0.289. The van der Waals surface area contributed by atoms with E-state index in [4.69, 9.17) is 10.7 Å². The van der Waals surface area contributed by atoms with E-state index in [1.165, 1.54) is 0 Å². The number of imidazole rings is 1. The lowest BCUT2D eigenvalue weighted by molar-refractivity contribution is -0.131. The van der Waals surface area contributed by atoms with Crippen LogP contribution < -0.4 is 11.1 Å². The van der Waals surface area contributed by atoms with Crippen molar-refractivity contribution in [2.24, 2.45) is 11.7 Å². The fourth-order valence-electron chi connectivity index (χ4n) is 5.74. The van der Waals surface area contributed by atoms with E-state index in [1.54, 1.807) is 24.5 Å². The second-order valence-corrected chi connectivity index (χ2v) is 10.3. The molecule has 1 aliphatic rings. The van der Waals surface area contributed by atoms with Crippen molar-refractivity contribution >= 4 is 22.8 Å². The maximum absolute atomic E-state index is 13.4. The number of carbonyl (C=O) groups excluding carboxylic acids is 2. The lowest BCUT2D eigenvalue weighted by Crippen LogP contribution is -2.42. The largest absolute Gasteiger partial charge is 0.396 e. The number of para-hydroxylation sites is 2. The molecule has 2 heterocycles. The Hall–Kier alpha value is -4.04. The first-order valence-corrected chi connectivity index (χ1v) is 13.7. The molecule has 4 aromatic rings. The highest BCUT2D eigenvalue weighted by atomic mass is 16.3. The van der Waals surface area contributed by atoms with E-state index in [0.29, 0.717) is 24.9 Å². The second-order valence-electron chi connectivity index (χ2n) is 10.3. The first kappa shape index (κ1) is 26.6. The summed E-state index contributed by atoms with van der Waals surface area (Å²) in [7, 11) is 0. The highest BCUT2D eigenvalue weighted by molar-refractivity contribution is 5.89. The molecule has 202 valence electrons. The number of hydrogen-bond acceptors (Lipinski definition) is 5. The van der Waals surface area contributed by atoms with Crippen molar-refractivity contribution in [3.05, 3.63) is 95.6 Å². The van der Waals surface area contributed by atoms with Gasteiger partial charge in [-0.15, -0.1) is 0 Å². The summed E-state index contributed by atoms with van der Waals surface area (Å²) < 4.78 is 2.22. The van der Waals surface area contributed by atoms with E-state index in [-0.39, 0.29) is 24.3 Å². The summed E-state index contributed by atoms with van der Waals surface area (Å²) in [6, 6.07) is 19.2. The number of aliphatic hydroxyl groups is 1. The lowest BCUT2D eigenvalue weighted by atomic mass is 9.74. The summed E-state index contributed by atoms with van der Waals surface area (Å²) in [5, 5.41) is 12.2. The van der Waals surface area contributed by atoms with Gasteiger partial charge in [0.25, 0.3) is 0 Å². The zero-order chi connectivity index (χ0) is 27.2. The van der Waals surface area contributed by atoms with Gasteiger partial charge in [-0.05, 0) is 54.5 Å². The number of aryl methyl sites for hydroxylation is 1.